The molecule has 10 heteroatoms. The molecule has 2 aromatic carbocycles. The number of rotatable bonds is 6. The van der Waals surface area contributed by atoms with Crippen LogP contribution in [0.5, 0.6) is 0 Å². The zero-order valence-corrected chi connectivity index (χ0v) is 16.6. The smallest absolute Gasteiger partial charge is 0.340 e. The van der Waals surface area contributed by atoms with Gasteiger partial charge in [0.25, 0.3) is 11.6 Å². The fourth-order valence-corrected chi connectivity index (χ4v) is 3.32. The van der Waals surface area contributed by atoms with Gasteiger partial charge in [0.05, 0.1) is 21.2 Å². The topological polar surface area (TPSA) is 111 Å². The zero-order chi connectivity index (χ0) is 21.0. The van der Waals surface area contributed by atoms with E-state index in [2.05, 4.69) is 10.3 Å². The molecule has 0 bridgehead atoms. The van der Waals surface area contributed by atoms with E-state index >= 15 is 0 Å². The van der Waals surface area contributed by atoms with E-state index in [-0.39, 0.29) is 16.3 Å². The van der Waals surface area contributed by atoms with Gasteiger partial charge in [0.2, 0.25) is 0 Å². The molecular formula is C19H14ClN3O5S. The summed E-state index contributed by atoms with van der Waals surface area (Å²) in [6.45, 7) is 1.44. The lowest BCUT2D eigenvalue weighted by molar-refractivity contribution is -0.384. The minimum atomic E-state index is -0.862. The fraction of sp³-hybridized carbons (Fsp3) is 0.105. The van der Waals surface area contributed by atoms with Gasteiger partial charge in [-0.15, -0.1) is 11.3 Å². The maximum Gasteiger partial charge on any atom is 0.340 e. The summed E-state index contributed by atoms with van der Waals surface area (Å²) >= 11 is 7.12. The summed E-state index contributed by atoms with van der Waals surface area (Å²) in [6.07, 6.45) is 0. The second kappa shape index (κ2) is 8.80. The highest BCUT2D eigenvalue weighted by atomic mass is 35.5. The molecule has 1 heterocycles. The number of thiazole rings is 1. The quantitative estimate of drug-likeness (QED) is 0.350. The van der Waals surface area contributed by atoms with Gasteiger partial charge in [-0.3, -0.25) is 20.2 Å². The van der Waals surface area contributed by atoms with E-state index in [0.717, 1.165) is 29.0 Å². The van der Waals surface area contributed by atoms with Crippen molar-refractivity contribution >= 4 is 45.6 Å². The molecule has 0 aliphatic carbocycles. The van der Waals surface area contributed by atoms with Crippen LogP contribution >= 0.6 is 22.9 Å². The van der Waals surface area contributed by atoms with E-state index in [9.17, 15) is 19.7 Å². The van der Waals surface area contributed by atoms with Gasteiger partial charge in [-0.2, -0.15) is 0 Å². The molecule has 3 rings (SSSR count). The summed E-state index contributed by atoms with van der Waals surface area (Å²) in [5, 5.41) is 15.3. The molecule has 0 atom stereocenters. The molecule has 0 unspecified atom stereocenters. The van der Waals surface area contributed by atoms with Gasteiger partial charge in [-0.05, 0) is 13.0 Å². The number of ether oxygens (including phenoxy) is 1. The van der Waals surface area contributed by atoms with E-state index < -0.39 is 23.4 Å². The molecule has 0 saturated carbocycles. The number of halogens is 1. The number of anilines is 1. The summed E-state index contributed by atoms with van der Waals surface area (Å²) in [5.41, 5.74) is 2.46. The number of non-ortho nitro benzene ring substituents is 1. The first-order valence-electron chi connectivity index (χ1n) is 8.27. The summed E-state index contributed by atoms with van der Waals surface area (Å²) in [5.74, 6) is -1.43. The second-order valence-corrected chi connectivity index (χ2v) is 7.21. The highest BCUT2D eigenvalue weighted by molar-refractivity contribution is 7.14. The largest absolute Gasteiger partial charge is 0.452 e. The van der Waals surface area contributed by atoms with Crippen molar-refractivity contribution in [2.24, 2.45) is 0 Å². The minimum Gasteiger partial charge on any atom is -0.452 e. The summed E-state index contributed by atoms with van der Waals surface area (Å²) in [7, 11) is 0. The molecule has 1 amide bonds. The Hall–Kier alpha value is -3.30. The van der Waals surface area contributed by atoms with Crippen molar-refractivity contribution in [3.63, 3.8) is 0 Å². The maximum absolute atomic E-state index is 12.1. The molecule has 0 aliphatic rings. The molecule has 0 saturated heterocycles. The molecule has 29 heavy (non-hydrogen) atoms. The normalized spacial score (nSPS) is 10.4. The van der Waals surface area contributed by atoms with Gasteiger partial charge in [-0.25, -0.2) is 9.78 Å². The maximum atomic E-state index is 12.1. The van der Waals surface area contributed by atoms with E-state index in [0.29, 0.717) is 5.13 Å². The second-order valence-electron chi connectivity index (χ2n) is 5.95. The standard InChI is InChI=1S/C19H14ClN3O5S/c1-11-2-4-12(5-3-11)16-10-29-19(21-16)22-17(24)9-28-18(25)14-7-6-13(23(26)27)8-15(14)20/h2-8,10H,9H2,1H3,(H,21,22,24). The van der Waals surface area contributed by atoms with Gasteiger partial charge in [-0.1, -0.05) is 41.4 Å². The van der Waals surface area contributed by atoms with Crippen LogP contribution < -0.4 is 5.32 Å². The van der Waals surface area contributed by atoms with Crippen LogP contribution in [0.3, 0.4) is 0 Å². The third-order valence-corrected chi connectivity index (χ3v) is 4.89. The Bertz CT molecular complexity index is 1080. The number of aromatic nitrogens is 1. The van der Waals surface area contributed by atoms with Crippen LogP contribution in [0.4, 0.5) is 10.8 Å². The first-order chi connectivity index (χ1) is 13.8. The average molecular weight is 432 g/mol. The predicted molar refractivity (Wildman–Crippen MR) is 109 cm³/mol. The van der Waals surface area contributed by atoms with Crippen molar-refractivity contribution in [1.82, 2.24) is 4.98 Å². The molecular weight excluding hydrogens is 418 g/mol. The van der Waals surface area contributed by atoms with Gasteiger partial charge in [0.15, 0.2) is 11.7 Å². The molecule has 0 radical (unpaired) electrons. The number of aryl methyl sites for hydroxylation is 1. The van der Waals surface area contributed by atoms with Gasteiger partial charge in [0.1, 0.15) is 0 Å². The monoisotopic (exact) mass is 431 g/mol. The first-order valence-corrected chi connectivity index (χ1v) is 9.53. The number of nitro benzene ring substituents is 1. The van der Waals surface area contributed by atoms with Crippen LogP contribution in [-0.2, 0) is 9.53 Å². The van der Waals surface area contributed by atoms with Crippen LogP contribution in [0.2, 0.25) is 5.02 Å². The van der Waals surface area contributed by atoms with Crippen molar-refractivity contribution in [2.75, 3.05) is 11.9 Å². The summed E-state index contributed by atoms with van der Waals surface area (Å²) < 4.78 is 4.92. The lowest BCUT2D eigenvalue weighted by atomic mass is 10.1. The first kappa shape index (κ1) is 20.4. The molecule has 148 valence electrons. The van der Waals surface area contributed by atoms with Crippen LogP contribution in [0.25, 0.3) is 11.3 Å². The zero-order valence-electron chi connectivity index (χ0n) is 15.0. The molecule has 0 aliphatic heterocycles. The van der Waals surface area contributed by atoms with Crippen molar-refractivity contribution in [1.29, 1.82) is 0 Å². The van der Waals surface area contributed by atoms with E-state index in [1.807, 2.05) is 36.6 Å². The Balaban J connectivity index is 1.57. The molecule has 8 nitrogen and oxygen atoms in total. The number of benzene rings is 2. The fourth-order valence-electron chi connectivity index (χ4n) is 2.34. The molecule has 1 N–H and O–H groups in total. The number of carbonyl (C=O) groups is 2. The van der Waals surface area contributed by atoms with Crippen molar-refractivity contribution in [2.45, 2.75) is 6.92 Å². The molecule has 3 aromatic rings. The Labute approximate surface area is 174 Å². The van der Waals surface area contributed by atoms with Crippen LogP contribution in [-0.4, -0.2) is 28.4 Å². The highest BCUT2D eigenvalue weighted by Crippen LogP contribution is 2.25. The number of hydrogen-bond donors (Lipinski definition) is 1. The SMILES string of the molecule is Cc1ccc(-c2csc(NC(=O)COC(=O)c3ccc([N+](=O)[O-])cc3Cl)n2)cc1. The molecule has 1 aromatic heterocycles. The lowest BCUT2D eigenvalue weighted by Gasteiger charge is -2.06. The van der Waals surface area contributed by atoms with E-state index in [1.54, 1.807) is 0 Å². The van der Waals surface area contributed by atoms with Crippen molar-refractivity contribution < 1.29 is 19.2 Å². The molecule has 0 spiro atoms. The van der Waals surface area contributed by atoms with Gasteiger partial charge >= 0.3 is 5.97 Å². The third kappa shape index (κ3) is 5.15. The highest BCUT2D eigenvalue weighted by Gasteiger charge is 2.17. The predicted octanol–water partition coefficient (Wildman–Crippen LogP) is 4.48. The average Bonchev–Trinajstić information content (AvgIpc) is 3.14. The number of hydrogen-bond acceptors (Lipinski definition) is 7. The summed E-state index contributed by atoms with van der Waals surface area (Å²) in [4.78, 5) is 38.5. The van der Waals surface area contributed by atoms with E-state index in [4.69, 9.17) is 16.3 Å². The van der Waals surface area contributed by atoms with Crippen molar-refractivity contribution in [3.8, 4) is 11.3 Å². The number of nitro groups is 1. The number of nitrogens with one attached hydrogen (secondary N) is 1. The third-order valence-electron chi connectivity index (χ3n) is 3.82. The van der Waals surface area contributed by atoms with Crippen LogP contribution in [0.15, 0.2) is 47.8 Å². The number of esters is 1. The van der Waals surface area contributed by atoms with Gasteiger partial charge in [0, 0.05) is 23.1 Å². The Morgan fingerprint density at radius 2 is 1.97 bits per heavy atom. The Kier molecular flexibility index (Phi) is 6.20. The van der Waals surface area contributed by atoms with Crippen LogP contribution in [0, 0.1) is 17.0 Å². The summed E-state index contributed by atoms with van der Waals surface area (Å²) in [6, 6.07) is 11.2. The number of carbonyl (C=O) groups excluding carboxylic acids is 2. The van der Waals surface area contributed by atoms with E-state index in [1.165, 1.54) is 17.4 Å². The Morgan fingerprint density at radius 1 is 1.24 bits per heavy atom. The number of amides is 1. The van der Waals surface area contributed by atoms with Crippen LogP contribution in [0.1, 0.15) is 15.9 Å². The molecule has 0 fully saturated rings. The van der Waals surface area contributed by atoms with Crippen molar-refractivity contribution in [3.05, 3.63) is 74.1 Å². The Morgan fingerprint density at radius 3 is 2.62 bits per heavy atom. The lowest BCUT2D eigenvalue weighted by Crippen LogP contribution is -2.21. The van der Waals surface area contributed by atoms with Gasteiger partial charge < -0.3 is 4.74 Å². The minimum absolute atomic E-state index is 0.0685. The number of nitrogens with zero attached hydrogens (tertiary/aromatic N) is 2.